The largest absolute Gasteiger partial charge is 0.396 e. The summed E-state index contributed by atoms with van der Waals surface area (Å²) in [5.74, 6) is 0.721. The van der Waals surface area contributed by atoms with Crippen LogP contribution < -0.4 is 5.73 Å². The van der Waals surface area contributed by atoms with Gasteiger partial charge in [0.1, 0.15) is 5.69 Å². The molecular weight excluding hydrogens is 384 g/mol. The van der Waals surface area contributed by atoms with E-state index in [1.807, 2.05) is 36.4 Å². The Morgan fingerprint density at radius 2 is 1.85 bits per heavy atom. The third-order valence-corrected chi connectivity index (χ3v) is 3.98. The molecule has 1 aromatic carbocycles. The minimum absolute atomic E-state index is 0.613. The summed E-state index contributed by atoms with van der Waals surface area (Å²) in [4.78, 5) is 4.31. The lowest BCUT2D eigenvalue weighted by atomic mass is 10.1. The predicted octanol–water partition coefficient (Wildman–Crippen LogP) is 4.04. The van der Waals surface area contributed by atoms with Gasteiger partial charge in [0, 0.05) is 20.7 Å². The number of hydrogen-bond acceptors (Lipinski definition) is 3. The van der Waals surface area contributed by atoms with Gasteiger partial charge in [-0.15, -0.1) is 0 Å². The minimum Gasteiger partial charge on any atom is -0.396 e. The topological polar surface area (TPSA) is 56.7 Å². The summed E-state index contributed by atoms with van der Waals surface area (Å²) >= 11 is 6.88. The van der Waals surface area contributed by atoms with Crippen LogP contribution in [-0.2, 0) is 0 Å². The first-order valence-electron chi connectivity index (χ1n) is 5.87. The average molecular weight is 394 g/mol. The predicted molar refractivity (Wildman–Crippen MR) is 86.6 cm³/mol. The van der Waals surface area contributed by atoms with E-state index in [2.05, 4.69) is 41.9 Å². The van der Waals surface area contributed by atoms with Gasteiger partial charge in [-0.3, -0.25) is 0 Å². The molecule has 0 fully saturated rings. The van der Waals surface area contributed by atoms with Crippen LogP contribution in [0.1, 0.15) is 0 Å². The van der Waals surface area contributed by atoms with Crippen LogP contribution in [0, 0.1) is 0 Å². The van der Waals surface area contributed by atoms with E-state index in [1.54, 1.807) is 17.1 Å². The van der Waals surface area contributed by atoms with Crippen LogP contribution in [0.3, 0.4) is 0 Å². The van der Waals surface area contributed by atoms with E-state index in [9.17, 15) is 0 Å². The molecule has 0 saturated carbocycles. The third-order valence-electron chi connectivity index (χ3n) is 2.82. The molecule has 0 spiro atoms. The van der Waals surface area contributed by atoms with Crippen molar-refractivity contribution < 1.29 is 0 Å². The number of pyridine rings is 1. The van der Waals surface area contributed by atoms with Crippen LogP contribution in [0.15, 0.2) is 57.7 Å². The Morgan fingerprint density at radius 3 is 2.55 bits per heavy atom. The molecule has 0 unspecified atom stereocenters. The van der Waals surface area contributed by atoms with Gasteiger partial charge >= 0.3 is 0 Å². The van der Waals surface area contributed by atoms with E-state index in [-0.39, 0.29) is 0 Å². The van der Waals surface area contributed by atoms with Gasteiger partial charge in [-0.05, 0) is 34.1 Å². The molecular formula is C14H10Br2N4. The summed E-state index contributed by atoms with van der Waals surface area (Å²) in [5.41, 5.74) is 8.38. The molecule has 0 radical (unpaired) electrons. The van der Waals surface area contributed by atoms with Crippen molar-refractivity contribution in [2.75, 3.05) is 5.73 Å². The van der Waals surface area contributed by atoms with Gasteiger partial charge < -0.3 is 5.73 Å². The van der Waals surface area contributed by atoms with Crippen molar-refractivity contribution in [1.29, 1.82) is 0 Å². The van der Waals surface area contributed by atoms with Crippen LogP contribution in [0.4, 0.5) is 5.69 Å². The number of benzene rings is 1. The van der Waals surface area contributed by atoms with E-state index < -0.39 is 0 Å². The highest BCUT2D eigenvalue weighted by Gasteiger charge is 2.12. The number of rotatable bonds is 2. The second kappa shape index (κ2) is 5.38. The van der Waals surface area contributed by atoms with Crippen molar-refractivity contribution >= 4 is 37.5 Å². The van der Waals surface area contributed by atoms with E-state index in [1.165, 1.54) is 0 Å². The highest BCUT2D eigenvalue weighted by molar-refractivity contribution is 9.10. The van der Waals surface area contributed by atoms with Gasteiger partial charge in [-0.25, -0.2) is 9.67 Å². The maximum atomic E-state index is 6.07. The monoisotopic (exact) mass is 392 g/mol. The fraction of sp³-hybridized carbons (Fsp3) is 0. The van der Waals surface area contributed by atoms with E-state index in [0.717, 1.165) is 26.0 Å². The van der Waals surface area contributed by atoms with Crippen LogP contribution in [0.5, 0.6) is 0 Å². The Morgan fingerprint density at radius 1 is 1.05 bits per heavy atom. The summed E-state index contributed by atoms with van der Waals surface area (Å²) < 4.78 is 3.56. The smallest absolute Gasteiger partial charge is 0.153 e. The molecule has 0 amide bonds. The fourth-order valence-electron chi connectivity index (χ4n) is 1.87. The first-order chi connectivity index (χ1) is 9.65. The summed E-state index contributed by atoms with van der Waals surface area (Å²) in [7, 11) is 0. The Bertz CT molecular complexity index is 750. The zero-order valence-electron chi connectivity index (χ0n) is 10.3. The molecule has 3 aromatic rings. The molecule has 0 aliphatic carbocycles. The summed E-state index contributed by atoms with van der Waals surface area (Å²) in [5, 5.41) is 4.52. The number of aromatic nitrogens is 3. The van der Waals surface area contributed by atoms with Crippen LogP contribution >= 0.6 is 31.9 Å². The van der Waals surface area contributed by atoms with E-state index in [4.69, 9.17) is 5.73 Å². The van der Waals surface area contributed by atoms with Gasteiger partial charge in [0.05, 0.1) is 11.9 Å². The van der Waals surface area contributed by atoms with Crippen molar-refractivity contribution in [1.82, 2.24) is 14.8 Å². The molecule has 4 nitrogen and oxygen atoms in total. The quantitative estimate of drug-likeness (QED) is 0.714. The molecule has 0 aliphatic rings. The van der Waals surface area contributed by atoms with Gasteiger partial charge in [-0.1, -0.05) is 34.1 Å². The maximum Gasteiger partial charge on any atom is 0.153 e. The first-order valence-corrected chi connectivity index (χ1v) is 7.46. The lowest BCUT2D eigenvalue weighted by molar-refractivity contribution is 0.849. The molecule has 3 rings (SSSR count). The standard InChI is InChI=1S/C14H10Br2N4/c15-9-5-6-13(18-7-9)20-8-12(17)14(19-20)10-3-1-2-4-11(10)16/h1-8H,17H2. The molecule has 0 saturated heterocycles. The molecule has 0 atom stereocenters. The zero-order chi connectivity index (χ0) is 14.1. The number of nitrogen functional groups attached to an aromatic ring is 1. The normalized spacial score (nSPS) is 10.7. The second-order valence-electron chi connectivity index (χ2n) is 4.19. The minimum atomic E-state index is 0.613. The molecule has 2 N–H and O–H groups in total. The third kappa shape index (κ3) is 2.48. The van der Waals surface area contributed by atoms with Crippen LogP contribution in [0.2, 0.25) is 0 Å². The number of nitrogens with two attached hydrogens (primary N) is 1. The van der Waals surface area contributed by atoms with Crippen LogP contribution in [0.25, 0.3) is 17.1 Å². The van der Waals surface area contributed by atoms with Gasteiger partial charge in [0.2, 0.25) is 0 Å². The Hall–Kier alpha value is -1.66. The highest BCUT2D eigenvalue weighted by Crippen LogP contribution is 2.31. The first kappa shape index (κ1) is 13.3. The van der Waals surface area contributed by atoms with Gasteiger partial charge in [-0.2, -0.15) is 5.10 Å². The van der Waals surface area contributed by atoms with Gasteiger partial charge in [0.25, 0.3) is 0 Å². The van der Waals surface area contributed by atoms with Crippen molar-refractivity contribution in [3.63, 3.8) is 0 Å². The number of hydrogen-bond donors (Lipinski definition) is 1. The number of nitrogens with zero attached hydrogens (tertiary/aromatic N) is 3. The maximum absolute atomic E-state index is 6.07. The average Bonchev–Trinajstić information content (AvgIpc) is 2.82. The molecule has 100 valence electrons. The molecule has 0 aliphatic heterocycles. The van der Waals surface area contributed by atoms with E-state index in [0.29, 0.717) is 5.69 Å². The van der Waals surface area contributed by atoms with Crippen molar-refractivity contribution in [3.8, 4) is 17.1 Å². The van der Waals surface area contributed by atoms with Gasteiger partial charge in [0.15, 0.2) is 5.82 Å². The SMILES string of the molecule is Nc1cn(-c2ccc(Br)cn2)nc1-c1ccccc1Br. The Kier molecular flexibility index (Phi) is 3.58. The number of halogens is 2. The molecule has 2 heterocycles. The second-order valence-corrected chi connectivity index (χ2v) is 5.96. The Balaban J connectivity index is 2.08. The fourth-order valence-corrected chi connectivity index (χ4v) is 2.58. The highest BCUT2D eigenvalue weighted by atomic mass is 79.9. The molecule has 0 bridgehead atoms. The number of anilines is 1. The lowest BCUT2D eigenvalue weighted by Gasteiger charge is -2.02. The summed E-state index contributed by atoms with van der Waals surface area (Å²) in [6, 6.07) is 11.6. The zero-order valence-corrected chi connectivity index (χ0v) is 13.5. The molecule has 20 heavy (non-hydrogen) atoms. The lowest BCUT2D eigenvalue weighted by Crippen LogP contribution is -1.97. The Labute approximate surface area is 132 Å². The summed E-state index contributed by atoms with van der Waals surface area (Å²) in [6.07, 6.45) is 3.50. The van der Waals surface area contributed by atoms with E-state index >= 15 is 0 Å². The molecule has 6 heteroatoms. The van der Waals surface area contributed by atoms with Crippen molar-refractivity contribution in [2.45, 2.75) is 0 Å². The van der Waals surface area contributed by atoms with Crippen molar-refractivity contribution in [2.24, 2.45) is 0 Å². The molecule has 2 aromatic heterocycles. The van der Waals surface area contributed by atoms with Crippen LogP contribution in [-0.4, -0.2) is 14.8 Å². The summed E-state index contributed by atoms with van der Waals surface area (Å²) in [6.45, 7) is 0. The van der Waals surface area contributed by atoms with Crippen molar-refractivity contribution in [3.05, 3.63) is 57.7 Å².